The van der Waals surface area contributed by atoms with E-state index in [0.29, 0.717) is 12.8 Å². The van der Waals surface area contributed by atoms with Crippen molar-refractivity contribution in [3.8, 4) is 0 Å². The molecule has 0 bridgehead atoms. The highest BCUT2D eigenvalue weighted by Crippen LogP contribution is 2.43. The molecule has 3 N–H and O–H groups in total. The van der Waals surface area contributed by atoms with Crippen LogP contribution in [0.25, 0.3) is 0 Å². The molecule has 0 aromatic carbocycles. The van der Waals surface area contributed by atoms with Crippen LogP contribution in [0.2, 0.25) is 0 Å². The van der Waals surface area contributed by atoms with Gasteiger partial charge < -0.3 is 24.6 Å². The van der Waals surface area contributed by atoms with Gasteiger partial charge in [-0.25, -0.2) is 4.57 Å². The number of hydrogen-bond donors (Lipinski definition) is 3. The predicted octanol–water partition coefficient (Wildman–Crippen LogP) is 14.7. The Bertz CT molecular complexity index is 1140. The van der Waals surface area contributed by atoms with Crippen LogP contribution in [0.1, 0.15) is 245 Å². The molecule has 11 heteroatoms. The van der Waals surface area contributed by atoms with Crippen molar-refractivity contribution in [3.05, 3.63) is 36.5 Å². The molecule has 0 radical (unpaired) electrons. The summed E-state index contributed by atoms with van der Waals surface area (Å²) < 4.78 is 32.9. The molecule has 10 nitrogen and oxygen atoms in total. The molecule has 63 heavy (non-hydrogen) atoms. The number of ether oxygens (including phenoxy) is 2. The van der Waals surface area contributed by atoms with E-state index in [1.165, 1.54) is 148 Å². The summed E-state index contributed by atoms with van der Waals surface area (Å²) in [5.74, 6) is -0.926. The maximum Gasteiger partial charge on any atom is 0.472 e. The number of esters is 2. The molecule has 0 fully saturated rings. The van der Waals surface area contributed by atoms with E-state index in [-0.39, 0.29) is 19.4 Å². The van der Waals surface area contributed by atoms with Gasteiger partial charge >= 0.3 is 19.8 Å². The Kier molecular flexibility index (Phi) is 46.7. The van der Waals surface area contributed by atoms with Gasteiger partial charge in [0.15, 0.2) is 6.10 Å². The van der Waals surface area contributed by atoms with Gasteiger partial charge in [-0.15, -0.1) is 0 Å². The molecule has 3 unspecified atom stereocenters. The average molecular weight is 913 g/mol. The summed E-state index contributed by atoms with van der Waals surface area (Å²) in [5, 5.41) is 18.4. The number of rotatable bonds is 49. The van der Waals surface area contributed by atoms with Crippen LogP contribution in [0.4, 0.5) is 0 Å². The smallest absolute Gasteiger partial charge is 0.462 e. The molecule has 370 valence electrons. The fourth-order valence-corrected chi connectivity index (χ4v) is 8.04. The minimum atomic E-state index is -4.62. The van der Waals surface area contributed by atoms with Crippen molar-refractivity contribution >= 4 is 19.8 Å². The zero-order chi connectivity index (χ0) is 46.2. The van der Waals surface area contributed by atoms with Crippen LogP contribution in [-0.2, 0) is 32.7 Å². The van der Waals surface area contributed by atoms with Crippen LogP contribution in [0.15, 0.2) is 36.5 Å². The second-order valence-electron chi connectivity index (χ2n) is 17.5. The number of aliphatic hydroxyl groups is 2. The van der Waals surface area contributed by atoms with E-state index in [2.05, 4.69) is 50.3 Å². The van der Waals surface area contributed by atoms with Gasteiger partial charge in [-0.3, -0.25) is 18.6 Å². The molecule has 0 saturated carbocycles. The first-order chi connectivity index (χ1) is 30.7. The summed E-state index contributed by atoms with van der Waals surface area (Å²) >= 11 is 0. The van der Waals surface area contributed by atoms with Crippen molar-refractivity contribution in [1.82, 2.24) is 0 Å². The zero-order valence-corrected chi connectivity index (χ0v) is 41.4. The van der Waals surface area contributed by atoms with Gasteiger partial charge in [-0.05, 0) is 70.6 Å². The fourth-order valence-electron chi connectivity index (χ4n) is 7.26. The minimum Gasteiger partial charge on any atom is -0.462 e. The molecule has 0 aliphatic carbocycles. The third-order valence-corrected chi connectivity index (χ3v) is 12.2. The van der Waals surface area contributed by atoms with Gasteiger partial charge in [0.2, 0.25) is 0 Å². The highest BCUT2D eigenvalue weighted by molar-refractivity contribution is 7.47. The first-order valence-corrected chi connectivity index (χ1v) is 27.4. The molecule has 0 rings (SSSR count). The van der Waals surface area contributed by atoms with Gasteiger partial charge in [0.1, 0.15) is 12.7 Å². The molecule has 3 atom stereocenters. The maximum atomic E-state index is 12.7. The maximum absolute atomic E-state index is 12.7. The Morgan fingerprint density at radius 1 is 0.476 bits per heavy atom. The van der Waals surface area contributed by atoms with Crippen molar-refractivity contribution in [3.63, 3.8) is 0 Å². The topological polar surface area (TPSA) is 149 Å². The Balaban J connectivity index is 4.15. The second kappa shape index (κ2) is 48.1. The zero-order valence-electron chi connectivity index (χ0n) is 40.5. The molecule has 0 aromatic rings. The number of phosphoric acid groups is 1. The molecule has 0 heterocycles. The summed E-state index contributed by atoms with van der Waals surface area (Å²) in [6.45, 7) is 2.38. The van der Waals surface area contributed by atoms with E-state index in [1.54, 1.807) is 0 Å². The Labute approximate surface area is 386 Å². The number of carbonyl (C=O) groups is 2. The van der Waals surface area contributed by atoms with Crippen LogP contribution in [-0.4, -0.2) is 65.7 Å². The normalized spacial score (nSPS) is 13.9. The number of allylic oxidation sites excluding steroid dienone is 6. The van der Waals surface area contributed by atoms with E-state index in [9.17, 15) is 24.2 Å². The third-order valence-electron chi connectivity index (χ3n) is 11.3. The highest BCUT2D eigenvalue weighted by atomic mass is 31.2. The number of hydrogen-bond acceptors (Lipinski definition) is 9. The molecule has 0 amide bonds. The largest absolute Gasteiger partial charge is 0.472 e. The van der Waals surface area contributed by atoms with Crippen molar-refractivity contribution in [2.75, 3.05) is 26.4 Å². The molecule has 0 saturated heterocycles. The summed E-state index contributed by atoms with van der Waals surface area (Å²) in [6, 6.07) is 0. The van der Waals surface area contributed by atoms with Gasteiger partial charge in [-0.1, -0.05) is 198 Å². The van der Waals surface area contributed by atoms with Crippen LogP contribution in [0, 0.1) is 0 Å². The van der Waals surface area contributed by atoms with Gasteiger partial charge in [0.05, 0.1) is 19.8 Å². The van der Waals surface area contributed by atoms with E-state index >= 15 is 0 Å². The Hall–Kier alpha value is -1.81. The lowest BCUT2D eigenvalue weighted by molar-refractivity contribution is -0.161. The quantitative estimate of drug-likeness (QED) is 0.0233. The van der Waals surface area contributed by atoms with Crippen LogP contribution in [0.3, 0.4) is 0 Å². The lowest BCUT2D eigenvalue weighted by atomic mass is 10.0. The first kappa shape index (κ1) is 61.2. The average Bonchev–Trinajstić information content (AvgIpc) is 3.27. The van der Waals surface area contributed by atoms with Crippen molar-refractivity contribution in [2.24, 2.45) is 0 Å². The SMILES string of the molecule is CCCCC/C=C\C/C=C\CCCCCCCCCC(=O)OC(COC(=O)CCCCCCCCCCCCC/C=C\CCCCCCCCCC)COP(=O)(O)OCC(O)CO. The van der Waals surface area contributed by atoms with E-state index in [4.69, 9.17) is 23.6 Å². The van der Waals surface area contributed by atoms with Crippen LogP contribution in [0.5, 0.6) is 0 Å². The molecular formula is C52H97O10P. The predicted molar refractivity (Wildman–Crippen MR) is 261 cm³/mol. The number of carbonyl (C=O) groups excluding carboxylic acids is 2. The highest BCUT2D eigenvalue weighted by Gasteiger charge is 2.27. The summed E-state index contributed by atoms with van der Waals surface area (Å²) in [6.07, 6.45) is 52.5. The third kappa shape index (κ3) is 48.0. The Morgan fingerprint density at radius 3 is 1.27 bits per heavy atom. The van der Waals surface area contributed by atoms with Gasteiger partial charge in [0.25, 0.3) is 0 Å². The minimum absolute atomic E-state index is 0.176. The molecule has 0 aliphatic rings. The molecular weight excluding hydrogens is 816 g/mol. The number of aliphatic hydroxyl groups excluding tert-OH is 2. The molecule has 0 aromatic heterocycles. The summed E-state index contributed by atoms with van der Waals surface area (Å²) in [7, 11) is -4.62. The summed E-state index contributed by atoms with van der Waals surface area (Å²) in [4.78, 5) is 35.2. The monoisotopic (exact) mass is 913 g/mol. The number of phosphoric ester groups is 1. The fraction of sp³-hybridized carbons (Fsp3) is 0.846. The van der Waals surface area contributed by atoms with Crippen molar-refractivity contribution in [2.45, 2.75) is 257 Å². The Morgan fingerprint density at radius 2 is 0.825 bits per heavy atom. The lowest BCUT2D eigenvalue weighted by Gasteiger charge is -2.20. The van der Waals surface area contributed by atoms with E-state index < -0.39 is 51.8 Å². The molecule has 0 aliphatic heterocycles. The molecule has 0 spiro atoms. The van der Waals surface area contributed by atoms with Crippen LogP contribution < -0.4 is 0 Å². The van der Waals surface area contributed by atoms with Gasteiger partial charge in [-0.2, -0.15) is 0 Å². The second-order valence-corrected chi connectivity index (χ2v) is 19.0. The van der Waals surface area contributed by atoms with E-state index in [1.807, 2.05) is 0 Å². The lowest BCUT2D eigenvalue weighted by Crippen LogP contribution is -2.29. The van der Waals surface area contributed by atoms with Crippen molar-refractivity contribution < 1.29 is 47.8 Å². The first-order valence-electron chi connectivity index (χ1n) is 25.9. The van der Waals surface area contributed by atoms with Gasteiger partial charge in [0, 0.05) is 12.8 Å². The number of unbranched alkanes of at least 4 members (excludes halogenated alkanes) is 29. The summed E-state index contributed by atoms with van der Waals surface area (Å²) in [5.41, 5.74) is 0. The van der Waals surface area contributed by atoms with E-state index in [0.717, 1.165) is 57.8 Å². The van der Waals surface area contributed by atoms with Crippen molar-refractivity contribution in [1.29, 1.82) is 0 Å². The standard InChI is InChI=1S/C52H97O10P/c1-3-5-7-9-11-13-15-17-19-21-22-23-24-25-26-28-29-31-33-35-37-39-41-43-51(55)59-47-50(48-61-63(57,58)60-46-49(54)45-53)62-52(56)44-42-40-38-36-34-32-30-27-20-18-16-14-12-10-8-6-4-2/h12,14,18,20-22,49-50,53-54H,3-11,13,15-17,19,23-48H2,1-2H3,(H,57,58)/b14-12-,20-18-,22-21-. The van der Waals surface area contributed by atoms with Crippen LogP contribution >= 0.6 is 7.82 Å².